The van der Waals surface area contributed by atoms with Gasteiger partial charge in [-0.05, 0) is 35.9 Å². The average molecular weight is 356 g/mol. The van der Waals surface area contributed by atoms with E-state index in [0.717, 1.165) is 28.0 Å². The van der Waals surface area contributed by atoms with Gasteiger partial charge in [0.15, 0.2) is 0 Å². The van der Waals surface area contributed by atoms with Gasteiger partial charge in [0, 0.05) is 22.8 Å². The third-order valence-corrected chi connectivity index (χ3v) is 4.62. The quantitative estimate of drug-likeness (QED) is 0.519. The van der Waals surface area contributed by atoms with Crippen LogP contribution in [0.2, 0.25) is 0 Å². The zero-order valence-corrected chi connectivity index (χ0v) is 15.0. The first-order chi connectivity index (χ1) is 13.3. The molecule has 27 heavy (non-hydrogen) atoms. The van der Waals surface area contributed by atoms with Crippen molar-refractivity contribution in [1.29, 1.82) is 0 Å². The van der Waals surface area contributed by atoms with Crippen molar-refractivity contribution in [2.24, 2.45) is 0 Å². The van der Waals surface area contributed by atoms with Gasteiger partial charge in [-0.3, -0.25) is 4.98 Å². The Balaban J connectivity index is 1.83. The molecule has 0 aliphatic rings. The summed E-state index contributed by atoms with van der Waals surface area (Å²) in [5.41, 5.74) is 3.36. The maximum atomic E-state index is 10.9. The number of phenols is 1. The van der Waals surface area contributed by atoms with Gasteiger partial charge in [0.2, 0.25) is 0 Å². The second-order valence-corrected chi connectivity index (χ2v) is 6.30. The van der Waals surface area contributed by atoms with Crippen LogP contribution in [-0.4, -0.2) is 17.2 Å². The fourth-order valence-corrected chi connectivity index (χ4v) is 3.22. The van der Waals surface area contributed by atoms with Gasteiger partial charge in [0.1, 0.15) is 17.0 Å². The number of rotatable bonds is 5. The van der Waals surface area contributed by atoms with Gasteiger partial charge in [-0.15, -0.1) is 0 Å². The van der Waals surface area contributed by atoms with Crippen LogP contribution in [0.4, 0.5) is 5.69 Å². The molecule has 134 valence electrons. The fraction of sp³-hybridized carbons (Fsp3) is 0.0870. The summed E-state index contributed by atoms with van der Waals surface area (Å²) in [6.45, 7) is 0. The summed E-state index contributed by atoms with van der Waals surface area (Å²) >= 11 is 0. The zero-order chi connectivity index (χ0) is 18.6. The molecule has 4 rings (SSSR count). The Morgan fingerprint density at radius 3 is 2.41 bits per heavy atom. The van der Waals surface area contributed by atoms with Crippen molar-refractivity contribution in [1.82, 2.24) is 4.98 Å². The lowest BCUT2D eigenvalue weighted by Gasteiger charge is -2.22. The van der Waals surface area contributed by atoms with E-state index in [4.69, 9.17) is 4.74 Å². The predicted octanol–water partition coefficient (Wildman–Crippen LogP) is 5.15. The van der Waals surface area contributed by atoms with Gasteiger partial charge in [0.25, 0.3) is 0 Å². The van der Waals surface area contributed by atoms with Crippen molar-refractivity contribution < 1.29 is 9.84 Å². The van der Waals surface area contributed by atoms with E-state index < -0.39 is 0 Å². The van der Waals surface area contributed by atoms with Crippen molar-refractivity contribution in [2.75, 3.05) is 12.4 Å². The smallest absolute Gasteiger partial charge is 0.147 e. The molecule has 4 aromatic rings. The Morgan fingerprint density at radius 1 is 0.889 bits per heavy atom. The van der Waals surface area contributed by atoms with Gasteiger partial charge in [-0.1, -0.05) is 48.5 Å². The van der Waals surface area contributed by atoms with Gasteiger partial charge < -0.3 is 15.2 Å². The molecule has 1 aromatic heterocycles. The number of anilines is 1. The third kappa shape index (κ3) is 3.42. The highest BCUT2D eigenvalue weighted by Crippen LogP contribution is 2.36. The Bertz CT molecular complexity index is 1050. The Kier molecular flexibility index (Phi) is 4.62. The molecule has 0 amide bonds. The van der Waals surface area contributed by atoms with Crippen LogP contribution in [-0.2, 0) is 0 Å². The number of nitrogens with zero attached hydrogens (tertiary/aromatic N) is 1. The lowest BCUT2D eigenvalue weighted by Crippen LogP contribution is -2.12. The van der Waals surface area contributed by atoms with Gasteiger partial charge >= 0.3 is 0 Å². The van der Waals surface area contributed by atoms with Crippen LogP contribution in [0.1, 0.15) is 17.2 Å². The summed E-state index contributed by atoms with van der Waals surface area (Å²) in [7, 11) is 1.65. The molecule has 4 nitrogen and oxygen atoms in total. The van der Waals surface area contributed by atoms with Crippen molar-refractivity contribution in [2.45, 2.75) is 6.04 Å². The molecular formula is C23H20N2O2. The summed E-state index contributed by atoms with van der Waals surface area (Å²) in [6, 6.07) is 25.3. The fourth-order valence-electron chi connectivity index (χ4n) is 3.22. The number of methoxy groups -OCH3 is 1. The number of pyridine rings is 1. The van der Waals surface area contributed by atoms with Gasteiger partial charge in [0.05, 0.1) is 13.2 Å². The predicted molar refractivity (Wildman–Crippen MR) is 108 cm³/mol. The first-order valence-corrected chi connectivity index (χ1v) is 8.78. The highest BCUT2D eigenvalue weighted by atomic mass is 16.5. The first kappa shape index (κ1) is 16.9. The number of benzene rings is 3. The highest BCUT2D eigenvalue weighted by molar-refractivity contribution is 5.86. The number of fused-ring (bicyclic) bond motifs is 1. The van der Waals surface area contributed by atoms with Crippen LogP contribution < -0.4 is 10.1 Å². The molecule has 0 saturated carbocycles. The molecule has 4 heteroatoms. The number of aromatic hydroxyl groups is 1. The normalized spacial score (nSPS) is 11.9. The molecule has 0 radical (unpaired) electrons. The minimum Gasteiger partial charge on any atom is -0.505 e. The number of hydrogen-bond acceptors (Lipinski definition) is 4. The number of nitrogens with one attached hydrogen (secondary N) is 1. The van der Waals surface area contributed by atoms with Gasteiger partial charge in [-0.2, -0.15) is 0 Å². The number of aromatic nitrogens is 1. The molecule has 0 saturated heterocycles. The Labute approximate surface area is 158 Å². The van der Waals surface area contributed by atoms with E-state index in [9.17, 15) is 5.11 Å². The topological polar surface area (TPSA) is 54.4 Å². The number of ether oxygens (including phenoxy) is 1. The standard InChI is InChI=1S/C23H20N2O2/c1-27-19-12-9-17(10-13-19)21(25-18-7-3-2-4-8-18)20-14-11-16-6-5-15-24-22(16)23(20)26/h2-15,21,25-26H,1H3. The van der Waals surface area contributed by atoms with Crippen LogP contribution in [0.3, 0.4) is 0 Å². The van der Waals surface area contributed by atoms with E-state index in [0.29, 0.717) is 5.52 Å². The molecule has 0 aliphatic heterocycles. The third-order valence-electron chi connectivity index (χ3n) is 4.62. The van der Waals surface area contributed by atoms with Crippen molar-refractivity contribution in [3.8, 4) is 11.5 Å². The lowest BCUT2D eigenvalue weighted by atomic mass is 9.96. The van der Waals surface area contributed by atoms with E-state index in [1.807, 2.05) is 78.9 Å². The van der Waals surface area contributed by atoms with Crippen molar-refractivity contribution >= 4 is 16.6 Å². The van der Waals surface area contributed by atoms with E-state index in [1.165, 1.54) is 0 Å². The lowest BCUT2D eigenvalue weighted by molar-refractivity contribution is 0.414. The van der Waals surface area contributed by atoms with Crippen LogP contribution in [0.15, 0.2) is 85.1 Å². The molecule has 2 N–H and O–H groups in total. The average Bonchev–Trinajstić information content (AvgIpc) is 2.74. The maximum absolute atomic E-state index is 10.9. The molecular weight excluding hydrogens is 336 g/mol. The summed E-state index contributed by atoms with van der Waals surface area (Å²) in [4.78, 5) is 4.35. The first-order valence-electron chi connectivity index (χ1n) is 8.78. The second kappa shape index (κ2) is 7.38. The van der Waals surface area contributed by atoms with E-state index >= 15 is 0 Å². The van der Waals surface area contributed by atoms with E-state index in [1.54, 1.807) is 13.3 Å². The minimum atomic E-state index is -0.232. The minimum absolute atomic E-state index is 0.192. The van der Waals surface area contributed by atoms with Crippen LogP contribution >= 0.6 is 0 Å². The van der Waals surface area contributed by atoms with Crippen LogP contribution in [0, 0.1) is 0 Å². The number of hydrogen-bond donors (Lipinski definition) is 2. The molecule has 0 spiro atoms. The SMILES string of the molecule is COc1ccc(C(Nc2ccccc2)c2ccc3cccnc3c2O)cc1. The summed E-state index contributed by atoms with van der Waals surface area (Å²) < 4.78 is 5.27. The summed E-state index contributed by atoms with van der Waals surface area (Å²) in [5, 5.41) is 15.4. The van der Waals surface area contributed by atoms with E-state index in [2.05, 4.69) is 10.3 Å². The zero-order valence-electron chi connectivity index (χ0n) is 15.0. The monoisotopic (exact) mass is 356 g/mol. The second-order valence-electron chi connectivity index (χ2n) is 6.30. The van der Waals surface area contributed by atoms with E-state index in [-0.39, 0.29) is 11.8 Å². The van der Waals surface area contributed by atoms with Crippen LogP contribution in [0.25, 0.3) is 10.9 Å². The largest absolute Gasteiger partial charge is 0.505 e. The Hall–Kier alpha value is -3.53. The van der Waals surface area contributed by atoms with Gasteiger partial charge in [-0.25, -0.2) is 0 Å². The molecule has 1 atom stereocenters. The summed E-state index contributed by atoms with van der Waals surface area (Å²) in [5.74, 6) is 0.985. The van der Waals surface area contributed by atoms with Crippen LogP contribution in [0.5, 0.6) is 11.5 Å². The summed E-state index contributed by atoms with van der Waals surface area (Å²) in [6.07, 6.45) is 1.69. The Morgan fingerprint density at radius 2 is 1.67 bits per heavy atom. The molecule has 1 heterocycles. The molecule has 3 aromatic carbocycles. The van der Waals surface area contributed by atoms with Crippen molar-refractivity contribution in [3.63, 3.8) is 0 Å². The highest BCUT2D eigenvalue weighted by Gasteiger charge is 2.20. The molecule has 0 bridgehead atoms. The molecule has 1 unspecified atom stereocenters. The molecule has 0 fully saturated rings. The molecule has 0 aliphatic carbocycles. The maximum Gasteiger partial charge on any atom is 0.147 e. The van der Waals surface area contributed by atoms with Crippen molar-refractivity contribution in [3.05, 3.63) is 96.2 Å². The number of para-hydroxylation sites is 1. The number of phenolic OH excluding ortho intramolecular Hbond substituents is 1.